The number of rotatable bonds is 6. The first-order valence-electron chi connectivity index (χ1n) is 8.34. The van der Waals surface area contributed by atoms with Crippen LogP contribution in [0.15, 0.2) is 50.5 Å². The fourth-order valence-electron chi connectivity index (χ4n) is 2.29. The standard InChI is InChI=1S/C19H25BrN4O2/c1-14-16(9-10-26-14)13-24(4)19(22-12-18(25)23(2)3)21-11-15-5-7-17(20)8-6-15/h5-10H,11-13H2,1-4H3,(H,21,22). The fourth-order valence-corrected chi connectivity index (χ4v) is 2.55. The van der Waals surface area contributed by atoms with E-state index in [4.69, 9.17) is 4.42 Å². The van der Waals surface area contributed by atoms with E-state index in [2.05, 4.69) is 26.2 Å². The molecule has 1 aromatic carbocycles. The number of aliphatic imine (C=N–C) groups is 1. The molecular formula is C19H25BrN4O2. The fraction of sp³-hybridized carbons (Fsp3) is 0.368. The first-order chi connectivity index (χ1) is 12.4. The van der Waals surface area contributed by atoms with E-state index in [0.717, 1.165) is 21.4 Å². The summed E-state index contributed by atoms with van der Waals surface area (Å²) in [4.78, 5) is 20.1. The zero-order valence-corrected chi connectivity index (χ0v) is 17.2. The van der Waals surface area contributed by atoms with Crippen LogP contribution in [0.5, 0.6) is 0 Å². The van der Waals surface area contributed by atoms with E-state index < -0.39 is 0 Å². The molecular weight excluding hydrogens is 396 g/mol. The second-order valence-corrected chi connectivity index (χ2v) is 7.18. The summed E-state index contributed by atoms with van der Waals surface area (Å²) < 4.78 is 6.40. The molecule has 1 aromatic heterocycles. The minimum Gasteiger partial charge on any atom is -0.469 e. The molecule has 0 saturated carbocycles. The van der Waals surface area contributed by atoms with Crippen molar-refractivity contribution in [3.63, 3.8) is 0 Å². The number of nitrogens with one attached hydrogen (secondary N) is 1. The lowest BCUT2D eigenvalue weighted by Gasteiger charge is -2.23. The van der Waals surface area contributed by atoms with E-state index in [9.17, 15) is 4.79 Å². The van der Waals surface area contributed by atoms with E-state index in [0.29, 0.717) is 19.0 Å². The van der Waals surface area contributed by atoms with Gasteiger partial charge in [0.25, 0.3) is 0 Å². The summed E-state index contributed by atoms with van der Waals surface area (Å²) in [5.74, 6) is 1.55. The second-order valence-electron chi connectivity index (χ2n) is 6.27. The lowest BCUT2D eigenvalue weighted by molar-refractivity contribution is -0.127. The number of hydrogen-bond acceptors (Lipinski definition) is 3. The third kappa shape index (κ3) is 5.91. The molecule has 7 heteroatoms. The van der Waals surface area contributed by atoms with Gasteiger partial charge in [0, 0.05) is 37.7 Å². The largest absolute Gasteiger partial charge is 0.469 e. The lowest BCUT2D eigenvalue weighted by Crippen LogP contribution is -2.43. The number of halogens is 1. The number of carbonyl (C=O) groups is 1. The van der Waals surface area contributed by atoms with Crippen molar-refractivity contribution in [2.75, 3.05) is 27.7 Å². The van der Waals surface area contributed by atoms with E-state index in [1.807, 2.05) is 49.2 Å². The van der Waals surface area contributed by atoms with Crippen molar-refractivity contribution in [2.45, 2.75) is 20.0 Å². The highest BCUT2D eigenvalue weighted by Crippen LogP contribution is 2.13. The van der Waals surface area contributed by atoms with Crippen LogP contribution < -0.4 is 5.32 Å². The Hall–Kier alpha value is -2.28. The van der Waals surface area contributed by atoms with Gasteiger partial charge >= 0.3 is 0 Å². The molecule has 0 aliphatic rings. The van der Waals surface area contributed by atoms with E-state index in [-0.39, 0.29) is 12.5 Å². The summed E-state index contributed by atoms with van der Waals surface area (Å²) in [5.41, 5.74) is 2.18. The van der Waals surface area contributed by atoms with Crippen molar-refractivity contribution in [3.05, 3.63) is 58.0 Å². The summed E-state index contributed by atoms with van der Waals surface area (Å²) in [6, 6.07) is 9.98. The van der Waals surface area contributed by atoms with Crippen LogP contribution in [0.3, 0.4) is 0 Å². The maximum atomic E-state index is 11.9. The number of carbonyl (C=O) groups excluding carboxylic acids is 1. The Labute approximate surface area is 163 Å². The first kappa shape index (κ1) is 20.0. The zero-order chi connectivity index (χ0) is 19.1. The monoisotopic (exact) mass is 420 g/mol. The first-order valence-corrected chi connectivity index (χ1v) is 9.13. The molecule has 0 fully saturated rings. The van der Waals surface area contributed by atoms with Gasteiger partial charge in [-0.15, -0.1) is 0 Å². The van der Waals surface area contributed by atoms with Crippen molar-refractivity contribution in [1.29, 1.82) is 0 Å². The molecule has 0 radical (unpaired) electrons. The highest BCUT2D eigenvalue weighted by atomic mass is 79.9. The molecule has 6 nitrogen and oxygen atoms in total. The average molecular weight is 421 g/mol. The second kappa shape index (κ2) is 9.43. The average Bonchev–Trinajstić information content (AvgIpc) is 3.00. The molecule has 1 amide bonds. The maximum absolute atomic E-state index is 11.9. The smallest absolute Gasteiger partial charge is 0.241 e. The Kier molecular flexibility index (Phi) is 7.26. The molecule has 2 rings (SSSR count). The van der Waals surface area contributed by atoms with Crippen molar-refractivity contribution in [1.82, 2.24) is 15.1 Å². The summed E-state index contributed by atoms with van der Waals surface area (Å²) in [5, 5.41) is 3.16. The van der Waals surface area contributed by atoms with Gasteiger partial charge in [0.05, 0.1) is 19.4 Å². The van der Waals surface area contributed by atoms with Crippen LogP contribution in [-0.4, -0.2) is 49.4 Å². The molecule has 0 saturated heterocycles. The Bertz CT molecular complexity index is 753. The Morgan fingerprint density at radius 2 is 1.88 bits per heavy atom. The van der Waals surface area contributed by atoms with E-state index in [1.54, 1.807) is 25.3 Å². The minimum absolute atomic E-state index is 0.00534. The Morgan fingerprint density at radius 1 is 1.19 bits per heavy atom. The van der Waals surface area contributed by atoms with Gasteiger partial charge < -0.3 is 19.5 Å². The molecule has 0 unspecified atom stereocenters. The Morgan fingerprint density at radius 3 is 2.46 bits per heavy atom. The van der Waals surface area contributed by atoms with Gasteiger partial charge in [0.2, 0.25) is 5.91 Å². The van der Waals surface area contributed by atoms with Gasteiger partial charge in [-0.25, -0.2) is 4.99 Å². The lowest BCUT2D eigenvalue weighted by atomic mass is 10.2. The normalized spacial score (nSPS) is 11.3. The van der Waals surface area contributed by atoms with Crippen LogP contribution in [0, 0.1) is 6.92 Å². The third-order valence-electron chi connectivity index (χ3n) is 3.96. The van der Waals surface area contributed by atoms with Gasteiger partial charge in [0.1, 0.15) is 5.76 Å². The molecule has 0 spiro atoms. The van der Waals surface area contributed by atoms with Gasteiger partial charge in [-0.3, -0.25) is 4.79 Å². The predicted molar refractivity (Wildman–Crippen MR) is 107 cm³/mol. The highest BCUT2D eigenvalue weighted by molar-refractivity contribution is 9.10. The molecule has 0 aliphatic carbocycles. The van der Waals surface area contributed by atoms with Gasteiger partial charge in [-0.2, -0.15) is 0 Å². The van der Waals surface area contributed by atoms with Crippen LogP contribution in [0.4, 0.5) is 0 Å². The summed E-state index contributed by atoms with van der Waals surface area (Å²) in [6.07, 6.45) is 1.68. The number of furan rings is 1. The summed E-state index contributed by atoms with van der Waals surface area (Å²) >= 11 is 3.44. The quantitative estimate of drug-likeness (QED) is 0.576. The van der Waals surface area contributed by atoms with Crippen LogP contribution in [0.1, 0.15) is 16.9 Å². The number of hydrogen-bond donors (Lipinski definition) is 1. The summed E-state index contributed by atoms with van der Waals surface area (Å²) in [6.45, 7) is 3.30. The number of likely N-dealkylation sites (N-methyl/N-ethyl adjacent to an activating group) is 1. The molecule has 0 bridgehead atoms. The molecule has 26 heavy (non-hydrogen) atoms. The summed E-state index contributed by atoms with van der Waals surface area (Å²) in [7, 11) is 5.42. The highest BCUT2D eigenvalue weighted by Gasteiger charge is 2.12. The number of benzene rings is 1. The number of amides is 1. The van der Waals surface area contributed by atoms with Gasteiger partial charge in [-0.1, -0.05) is 28.1 Å². The maximum Gasteiger partial charge on any atom is 0.241 e. The van der Waals surface area contributed by atoms with Crippen LogP contribution in [0.25, 0.3) is 0 Å². The SMILES string of the molecule is Cc1occc1CN(C)C(=NCc1ccc(Br)cc1)NCC(=O)N(C)C. The van der Waals surface area contributed by atoms with Crippen molar-refractivity contribution in [3.8, 4) is 0 Å². The van der Waals surface area contributed by atoms with E-state index in [1.165, 1.54) is 0 Å². The zero-order valence-electron chi connectivity index (χ0n) is 15.6. The van der Waals surface area contributed by atoms with E-state index >= 15 is 0 Å². The third-order valence-corrected chi connectivity index (χ3v) is 4.49. The van der Waals surface area contributed by atoms with Crippen LogP contribution >= 0.6 is 15.9 Å². The predicted octanol–water partition coefficient (Wildman–Crippen LogP) is 3.02. The topological polar surface area (TPSA) is 61.1 Å². The van der Waals surface area contributed by atoms with Crippen molar-refractivity contribution in [2.24, 2.45) is 4.99 Å². The molecule has 140 valence electrons. The number of guanidine groups is 1. The molecule has 2 aromatic rings. The molecule has 1 N–H and O–H groups in total. The molecule has 1 heterocycles. The van der Waals surface area contributed by atoms with Crippen molar-refractivity contribution >= 4 is 27.8 Å². The molecule has 0 atom stereocenters. The minimum atomic E-state index is -0.00534. The number of aryl methyl sites for hydroxylation is 1. The Balaban J connectivity index is 2.11. The van der Waals surface area contributed by atoms with Crippen LogP contribution in [-0.2, 0) is 17.9 Å². The van der Waals surface area contributed by atoms with Crippen LogP contribution in [0.2, 0.25) is 0 Å². The number of nitrogens with zero attached hydrogens (tertiary/aromatic N) is 3. The molecule has 0 aliphatic heterocycles. The van der Waals surface area contributed by atoms with Gasteiger partial charge in [0.15, 0.2) is 5.96 Å². The van der Waals surface area contributed by atoms with Gasteiger partial charge in [-0.05, 0) is 30.7 Å². The van der Waals surface area contributed by atoms with Crippen molar-refractivity contribution < 1.29 is 9.21 Å².